The van der Waals surface area contributed by atoms with Crippen molar-refractivity contribution < 1.29 is 18.5 Å². The lowest BCUT2D eigenvalue weighted by atomic mass is 9.93. The van der Waals surface area contributed by atoms with Crippen LogP contribution in [0.5, 0.6) is 0 Å². The molecule has 0 heterocycles. The first-order chi connectivity index (χ1) is 15.5. The van der Waals surface area contributed by atoms with Crippen molar-refractivity contribution >= 4 is 11.5 Å². The number of halogens is 2. The Kier molecular flexibility index (Phi) is 11.0. The van der Waals surface area contributed by atoms with Gasteiger partial charge in [-0.3, -0.25) is 14.9 Å². The van der Waals surface area contributed by atoms with E-state index in [-0.39, 0.29) is 23.1 Å². The molecule has 1 aliphatic rings. The van der Waals surface area contributed by atoms with Crippen LogP contribution in [0.25, 0.3) is 0 Å². The van der Waals surface area contributed by atoms with E-state index in [9.17, 15) is 23.7 Å². The molecule has 0 radical (unpaired) electrons. The van der Waals surface area contributed by atoms with Gasteiger partial charge in [0.05, 0.1) is 4.92 Å². The standard InChI is InChI=1S/C20H21F2NO3.C6H12/c1-2-3-4-5-9-12-15-16(20(24)14-10-7-6-8-11-14)13-17(21)19(18(15)22)23(25)26;1-2-4-6-5-3-1/h6-8,10-11,13H,2-5,9,12H2,1H3;1-6H2. The van der Waals surface area contributed by atoms with Crippen LogP contribution in [0.1, 0.15) is 99.0 Å². The van der Waals surface area contributed by atoms with Gasteiger partial charge in [-0.05, 0) is 18.9 Å². The molecule has 6 heteroatoms. The molecule has 1 saturated carbocycles. The van der Waals surface area contributed by atoms with Crippen LogP contribution in [0.15, 0.2) is 36.4 Å². The Morgan fingerprint density at radius 2 is 1.50 bits per heavy atom. The highest BCUT2D eigenvalue weighted by atomic mass is 19.1. The summed E-state index contributed by atoms with van der Waals surface area (Å²) in [6, 6.07) is 8.90. The first kappa shape index (κ1) is 25.6. The number of carbonyl (C=O) groups excluding carboxylic acids is 1. The Bertz CT molecular complexity index is 869. The summed E-state index contributed by atoms with van der Waals surface area (Å²) in [5, 5.41) is 11.0. The minimum Gasteiger partial charge on any atom is -0.289 e. The molecule has 1 fully saturated rings. The van der Waals surface area contributed by atoms with E-state index in [4.69, 9.17) is 0 Å². The summed E-state index contributed by atoms with van der Waals surface area (Å²) in [6.07, 6.45) is 13.6. The molecule has 0 unspecified atom stereocenters. The Hall–Kier alpha value is -2.63. The van der Waals surface area contributed by atoms with Gasteiger partial charge in [-0.15, -0.1) is 0 Å². The molecule has 0 atom stereocenters. The maximum Gasteiger partial charge on any atom is 0.340 e. The Morgan fingerprint density at radius 1 is 0.938 bits per heavy atom. The third kappa shape index (κ3) is 7.50. The van der Waals surface area contributed by atoms with E-state index >= 15 is 0 Å². The molecule has 4 nitrogen and oxygen atoms in total. The largest absolute Gasteiger partial charge is 0.340 e. The third-order valence-electron chi connectivity index (χ3n) is 5.79. The van der Waals surface area contributed by atoms with E-state index in [1.807, 2.05) is 0 Å². The summed E-state index contributed by atoms with van der Waals surface area (Å²) >= 11 is 0. The zero-order valence-corrected chi connectivity index (χ0v) is 18.9. The number of carbonyl (C=O) groups is 1. The molecule has 0 aliphatic heterocycles. The van der Waals surface area contributed by atoms with E-state index in [1.165, 1.54) is 38.5 Å². The highest BCUT2D eigenvalue weighted by Gasteiger charge is 2.29. The number of rotatable bonds is 9. The second-order valence-electron chi connectivity index (χ2n) is 8.28. The molecule has 2 aromatic rings. The molecule has 2 aromatic carbocycles. The van der Waals surface area contributed by atoms with Gasteiger partial charge in [-0.2, -0.15) is 8.78 Å². The van der Waals surface area contributed by atoms with Crippen molar-refractivity contribution in [1.82, 2.24) is 0 Å². The monoisotopic (exact) mass is 445 g/mol. The zero-order chi connectivity index (χ0) is 23.3. The van der Waals surface area contributed by atoms with Crippen molar-refractivity contribution in [2.75, 3.05) is 0 Å². The molecule has 0 amide bonds. The van der Waals surface area contributed by atoms with Gasteiger partial charge in [0.25, 0.3) is 0 Å². The van der Waals surface area contributed by atoms with Gasteiger partial charge < -0.3 is 0 Å². The molecule has 174 valence electrons. The molecule has 0 spiro atoms. The number of hydrogen-bond acceptors (Lipinski definition) is 3. The second-order valence-corrected chi connectivity index (χ2v) is 8.28. The summed E-state index contributed by atoms with van der Waals surface area (Å²) in [5.41, 5.74) is -1.14. The maximum absolute atomic E-state index is 14.7. The summed E-state index contributed by atoms with van der Waals surface area (Å²) in [5.74, 6) is -3.12. The topological polar surface area (TPSA) is 60.2 Å². The molecule has 32 heavy (non-hydrogen) atoms. The van der Waals surface area contributed by atoms with E-state index in [2.05, 4.69) is 6.92 Å². The van der Waals surface area contributed by atoms with Crippen LogP contribution in [0.4, 0.5) is 14.5 Å². The predicted octanol–water partition coefficient (Wildman–Crippen LogP) is 7.96. The smallest absolute Gasteiger partial charge is 0.289 e. The molecule has 3 rings (SSSR count). The minimum absolute atomic E-state index is 0.0801. The van der Waals surface area contributed by atoms with Crippen LogP contribution in [0, 0.1) is 21.7 Å². The van der Waals surface area contributed by atoms with Gasteiger partial charge in [-0.25, -0.2) is 0 Å². The Morgan fingerprint density at radius 3 is 2.03 bits per heavy atom. The van der Waals surface area contributed by atoms with Gasteiger partial charge in [0.15, 0.2) is 5.78 Å². The van der Waals surface area contributed by atoms with Crippen LogP contribution in [-0.4, -0.2) is 10.7 Å². The fraction of sp³-hybridized carbons (Fsp3) is 0.500. The van der Waals surface area contributed by atoms with Crippen molar-refractivity contribution in [3.05, 3.63) is 74.8 Å². The van der Waals surface area contributed by atoms with E-state index in [0.29, 0.717) is 6.42 Å². The van der Waals surface area contributed by atoms with Crippen molar-refractivity contribution in [1.29, 1.82) is 0 Å². The van der Waals surface area contributed by atoms with Crippen LogP contribution >= 0.6 is 0 Å². The average Bonchev–Trinajstić information content (AvgIpc) is 2.81. The van der Waals surface area contributed by atoms with Crippen LogP contribution in [-0.2, 0) is 6.42 Å². The number of hydrogen-bond donors (Lipinski definition) is 0. The fourth-order valence-electron chi connectivity index (χ4n) is 3.97. The second kappa shape index (κ2) is 13.7. The lowest BCUT2D eigenvalue weighted by Crippen LogP contribution is -2.11. The molecular formula is C26H33F2NO3. The van der Waals surface area contributed by atoms with Gasteiger partial charge in [0.1, 0.15) is 0 Å². The Labute approximate surface area is 189 Å². The molecular weight excluding hydrogens is 412 g/mol. The molecule has 0 aromatic heterocycles. The van der Waals surface area contributed by atoms with Crippen LogP contribution in [0.2, 0.25) is 0 Å². The number of ketones is 1. The normalized spacial score (nSPS) is 13.2. The van der Waals surface area contributed by atoms with Crippen molar-refractivity contribution in [2.45, 2.75) is 84.0 Å². The summed E-state index contributed by atoms with van der Waals surface area (Å²) in [4.78, 5) is 22.6. The first-order valence-corrected chi connectivity index (χ1v) is 11.7. The lowest BCUT2D eigenvalue weighted by molar-refractivity contribution is -0.390. The highest BCUT2D eigenvalue weighted by Crippen LogP contribution is 2.30. The quantitative estimate of drug-likeness (QED) is 0.170. The van der Waals surface area contributed by atoms with E-state index in [0.717, 1.165) is 31.7 Å². The highest BCUT2D eigenvalue weighted by molar-refractivity contribution is 6.10. The summed E-state index contributed by atoms with van der Waals surface area (Å²) in [6.45, 7) is 2.07. The van der Waals surface area contributed by atoms with Crippen molar-refractivity contribution in [3.8, 4) is 0 Å². The number of nitrogens with zero attached hydrogens (tertiary/aromatic N) is 1. The lowest BCUT2D eigenvalue weighted by Gasteiger charge is -2.11. The number of benzene rings is 2. The molecule has 0 bridgehead atoms. The van der Waals surface area contributed by atoms with Crippen LogP contribution < -0.4 is 0 Å². The zero-order valence-electron chi connectivity index (χ0n) is 18.9. The molecule has 1 aliphatic carbocycles. The van der Waals surface area contributed by atoms with E-state index in [1.54, 1.807) is 30.3 Å². The predicted molar refractivity (Wildman–Crippen MR) is 123 cm³/mol. The molecule has 0 N–H and O–H groups in total. The van der Waals surface area contributed by atoms with Crippen molar-refractivity contribution in [2.24, 2.45) is 0 Å². The van der Waals surface area contributed by atoms with Gasteiger partial charge in [0.2, 0.25) is 11.6 Å². The third-order valence-corrected chi connectivity index (χ3v) is 5.79. The maximum atomic E-state index is 14.7. The van der Waals surface area contributed by atoms with Crippen LogP contribution in [0.3, 0.4) is 0 Å². The minimum atomic E-state index is -1.33. The number of nitro groups is 1. The summed E-state index contributed by atoms with van der Waals surface area (Å²) in [7, 11) is 0. The SMILES string of the molecule is C1CCCCC1.CCCCCCCc1c(C(=O)c2ccccc2)cc(F)c([N+](=O)[O-])c1F. The molecule has 0 saturated heterocycles. The number of unbranched alkanes of at least 4 members (excludes halogenated alkanes) is 4. The Balaban J connectivity index is 0.000000520. The number of nitro benzene ring substituents is 1. The van der Waals surface area contributed by atoms with Gasteiger partial charge in [-0.1, -0.05) is 101 Å². The van der Waals surface area contributed by atoms with Crippen molar-refractivity contribution in [3.63, 3.8) is 0 Å². The van der Waals surface area contributed by atoms with E-state index < -0.39 is 28.0 Å². The van der Waals surface area contributed by atoms with Gasteiger partial charge >= 0.3 is 5.69 Å². The van der Waals surface area contributed by atoms with Gasteiger partial charge in [0, 0.05) is 16.7 Å². The first-order valence-electron chi connectivity index (χ1n) is 11.7. The fourth-order valence-corrected chi connectivity index (χ4v) is 3.97. The average molecular weight is 446 g/mol. The summed E-state index contributed by atoms with van der Waals surface area (Å²) < 4.78 is 28.7.